The summed E-state index contributed by atoms with van der Waals surface area (Å²) in [5.74, 6) is 0.749. The largest absolute Gasteiger partial charge is 0.365 e. The molecule has 2 heterocycles. The maximum absolute atomic E-state index is 11.0. The molecule has 0 bridgehead atoms. The fourth-order valence-electron chi connectivity index (χ4n) is 3.09. The van der Waals surface area contributed by atoms with Gasteiger partial charge in [-0.05, 0) is 25.3 Å². The Morgan fingerprint density at radius 1 is 1.36 bits per heavy atom. The first-order valence-electron chi connectivity index (χ1n) is 8.19. The fraction of sp³-hybridized carbons (Fsp3) is 0.533. The molecule has 0 aromatic carbocycles. The molecule has 0 aliphatic heterocycles. The minimum absolute atomic E-state index is 0.0181. The third kappa shape index (κ3) is 3.59. The summed E-state index contributed by atoms with van der Waals surface area (Å²) in [7, 11) is -4.18. The van der Waals surface area contributed by atoms with Crippen molar-refractivity contribution in [2.45, 2.75) is 44.4 Å². The van der Waals surface area contributed by atoms with Gasteiger partial charge in [0.2, 0.25) is 0 Å². The van der Waals surface area contributed by atoms with Gasteiger partial charge in [-0.15, -0.1) is 0 Å². The summed E-state index contributed by atoms with van der Waals surface area (Å²) in [6.07, 6.45) is 7.29. The standard InChI is InChI=1S/C15H20N5O4P/c1-9-4-11(5-12(9)24-8-25(21,22)23)20-7-18-13-14(19-10-2-3-10)16-6-17-15(13)20/h4,6-7,10-12H,2-3,5,8H2,1H3,(H,16,17,19)(H2,21,22,23)/t11-,12-/m0/s1. The van der Waals surface area contributed by atoms with E-state index in [4.69, 9.17) is 14.5 Å². The van der Waals surface area contributed by atoms with Crippen molar-refractivity contribution in [2.24, 2.45) is 0 Å². The Kier molecular flexibility index (Phi) is 4.11. The molecule has 2 aromatic heterocycles. The molecule has 134 valence electrons. The van der Waals surface area contributed by atoms with Gasteiger partial charge >= 0.3 is 7.60 Å². The highest BCUT2D eigenvalue weighted by atomic mass is 31.2. The number of fused-ring (bicyclic) bond motifs is 1. The number of hydrogen-bond acceptors (Lipinski definition) is 6. The summed E-state index contributed by atoms with van der Waals surface area (Å²) < 4.78 is 18.4. The molecule has 3 N–H and O–H groups in total. The zero-order valence-electron chi connectivity index (χ0n) is 13.7. The van der Waals surface area contributed by atoms with Crippen molar-refractivity contribution in [3.05, 3.63) is 24.3 Å². The molecule has 2 aromatic rings. The first-order chi connectivity index (χ1) is 11.9. The van der Waals surface area contributed by atoms with E-state index in [0.717, 1.165) is 35.4 Å². The predicted octanol–water partition coefficient (Wildman–Crippen LogP) is 1.81. The Bertz CT molecular complexity index is 872. The molecule has 25 heavy (non-hydrogen) atoms. The van der Waals surface area contributed by atoms with Crippen LogP contribution in [-0.2, 0) is 9.30 Å². The average Bonchev–Trinajstić information content (AvgIpc) is 3.12. The molecular formula is C15H20N5O4P. The highest BCUT2D eigenvalue weighted by Crippen LogP contribution is 2.38. The van der Waals surface area contributed by atoms with Gasteiger partial charge in [-0.1, -0.05) is 6.08 Å². The molecule has 1 fully saturated rings. The Labute approximate surface area is 144 Å². The number of anilines is 1. The number of aromatic nitrogens is 4. The van der Waals surface area contributed by atoms with Crippen molar-refractivity contribution in [1.82, 2.24) is 19.5 Å². The molecule has 0 unspecified atom stereocenters. The molecule has 0 amide bonds. The Hall–Kier alpha value is -1.80. The molecule has 4 rings (SSSR count). The molecule has 1 saturated carbocycles. The van der Waals surface area contributed by atoms with E-state index in [1.807, 2.05) is 17.6 Å². The van der Waals surface area contributed by atoms with Crippen LogP contribution in [0.2, 0.25) is 0 Å². The van der Waals surface area contributed by atoms with E-state index in [-0.39, 0.29) is 12.1 Å². The SMILES string of the molecule is CC1=C[C@H](n2cnc3c(NC4CC4)ncnc32)C[C@@H]1OCP(=O)(O)O. The summed E-state index contributed by atoms with van der Waals surface area (Å²) >= 11 is 0. The molecule has 2 aliphatic carbocycles. The van der Waals surface area contributed by atoms with E-state index < -0.39 is 13.9 Å². The predicted molar refractivity (Wildman–Crippen MR) is 91.2 cm³/mol. The number of ether oxygens (including phenoxy) is 1. The smallest absolute Gasteiger partial charge is 0.351 e. The molecule has 9 nitrogen and oxygen atoms in total. The average molecular weight is 365 g/mol. The first kappa shape index (κ1) is 16.7. The zero-order valence-corrected chi connectivity index (χ0v) is 14.6. The van der Waals surface area contributed by atoms with E-state index in [2.05, 4.69) is 20.3 Å². The van der Waals surface area contributed by atoms with Gasteiger partial charge in [0, 0.05) is 12.5 Å². The first-order valence-corrected chi connectivity index (χ1v) is 9.99. The zero-order chi connectivity index (χ0) is 17.6. The fourth-order valence-corrected chi connectivity index (χ4v) is 3.46. The lowest BCUT2D eigenvalue weighted by atomic mass is 10.2. The van der Waals surface area contributed by atoms with E-state index >= 15 is 0 Å². The van der Waals surface area contributed by atoms with Crippen molar-refractivity contribution in [3.8, 4) is 0 Å². The van der Waals surface area contributed by atoms with Gasteiger partial charge < -0.3 is 24.4 Å². The number of nitrogens with zero attached hydrogens (tertiary/aromatic N) is 4. The lowest BCUT2D eigenvalue weighted by molar-refractivity contribution is 0.0954. The second-order valence-electron chi connectivity index (χ2n) is 6.63. The van der Waals surface area contributed by atoms with Crippen LogP contribution in [0.1, 0.15) is 32.2 Å². The molecule has 0 radical (unpaired) electrons. The van der Waals surface area contributed by atoms with Crippen LogP contribution < -0.4 is 5.32 Å². The molecule has 2 aliphatic rings. The van der Waals surface area contributed by atoms with Crippen LogP contribution >= 0.6 is 7.60 Å². The molecule has 0 spiro atoms. The third-order valence-electron chi connectivity index (χ3n) is 4.50. The van der Waals surface area contributed by atoms with Crippen LogP contribution in [0.4, 0.5) is 5.82 Å². The number of rotatable bonds is 6. The van der Waals surface area contributed by atoms with Gasteiger partial charge in [0.25, 0.3) is 0 Å². The van der Waals surface area contributed by atoms with Crippen LogP contribution in [0.15, 0.2) is 24.3 Å². The second kappa shape index (κ2) is 6.17. The summed E-state index contributed by atoms with van der Waals surface area (Å²) in [5, 5.41) is 3.36. The Balaban J connectivity index is 1.55. The molecule has 0 saturated heterocycles. The van der Waals surface area contributed by atoms with Crippen LogP contribution in [0.3, 0.4) is 0 Å². The van der Waals surface area contributed by atoms with E-state index in [1.54, 1.807) is 6.33 Å². The van der Waals surface area contributed by atoms with Gasteiger partial charge in [0.1, 0.15) is 18.2 Å². The van der Waals surface area contributed by atoms with E-state index in [1.165, 1.54) is 6.33 Å². The minimum Gasteiger partial charge on any atom is -0.365 e. The normalized spacial score (nSPS) is 23.9. The second-order valence-corrected chi connectivity index (χ2v) is 8.22. The van der Waals surface area contributed by atoms with E-state index in [9.17, 15) is 4.57 Å². The molecule has 2 atom stereocenters. The summed E-state index contributed by atoms with van der Waals surface area (Å²) in [6.45, 7) is 1.90. The third-order valence-corrected chi connectivity index (χ3v) is 4.98. The van der Waals surface area contributed by atoms with E-state index in [0.29, 0.717) is 12.5 Å². The summed E-state index contributed by atoms with van der Waals surface area (Å²) in [4.78, 5) is 31.1. The monoisotopic (exact) mass is 365 g/mol. The van der Waals surface area contributed by atoms with Gasteiger partial charge in [-0.2, -0.15) is 0 Å². The van der Waals surface area contributed by atoms with Crippen LogP contribution in [0.5, 0.6) is 0 Å². The van der Waals surface area contributed by atoms with Gasteiger partial charge in [-0.3, -0.25) is 4.57 Å². The van der Waals surface area contributed by atoms with Crippen LogP contribution in [0, 0.1) is 0 Å². The molecular weight excluding hydrogens is 345 g/mol. The lowest BCUT2D eigenvalue weighted by Crippen LogP contribution is -2.14. The highest BCUT2D eigenvalue weighted by molar-refractivity contribution is 7.51. The number of allylic oxidation sites excluding steroid dienone is 1. The molecule has 10 heteroatoms. The maximum Gasteiger partial charge on any atom is 0.351 e. The topological polar surface area (TPSA) is 122 Å². The van der Waals surface area contributed by atoms with Gasteiger partial charge in [-0.25, -0.2) is 15.0 Å². The van der Waals surface area contributed by atoms with Crippen molar-refractivity contribution in [1.29, 1.82) is 0 Å². The van der Waals surface area contributed by atoms with Crippen molar-refractivity contribution < 1.29 is 19.1 Å². The van der Waals surface area contributed by atoms with Gasteiger partial charge in [0.05, 0.1) is 18.5 Å². The maximum atomic E-state index is 11.0. The summed E-state index contributed by atoms with van der Waals surface area (Å²) in [6, 6.07) is 0.456. The quantitative estimate of drug-likeness (QED) is 0.523. The van der Waals surface area contributed by atoms with Crippen LogP contribution in [0.25, 0.3) is 11.2 Å². The number of nitrogens with one attached hydrogen (secondary N) is 1. The van der Waals surface area contributed by atoms with Crippen molar-refractivity contribution in [3.63, 3.8) is 0 Å². The van der Waals surface area contributed by atoms with Crippen molar-refractivity contribution >= 4 is 24.6 Å². The van der Waals surface area contributed by atoms with Crippen LogP contribution in [-0.4, -0.2) is 47.8 Å². The highest BCUT2D eigenvalue weighted by Gasteiger charge is 2.30. The Morgan fingerprint density at radius 3 is 2.88 bits per heavy atom. The van der Waals surface area contributed by atoms with Crippen molar-refractivity contribution in [2.75, 3.05) is 11.7 Å². The lowest BCUT2D eigenvalue weighted by Gasteiger charge is -2.16. The Morgan fingerprint density at radius 2 is 2.16 bits per heavy atom. The number of imidazole rings is 1. The number of hydrogen-bond donors (Lipinski definition) is 3. The minimum atomic E-state index is -4.18. The summed E-state index contributed by atoms with van der Waals surface area (Å²) in [5.41, 5.74) is 2.42. The van der Waals surface area contributed by atoms with Gasteiger partial charge in [0.15, 0.2) is 11.5 Å².